The Hall–Kier alpha value is -2.76. The van der Waals surface area contributed by atoms with Crippen molar-refractivity contribution in [2.24, 2.45) is 0 Å². The number of nitrogens with zero attached hydrogens (tertiary/aromatic N) is 1. The highest BCUT2D eigenvalue weighted by atomic mass is 35.5. The van der Waals surface area contributed by atoms with E-state index in [0.29, 0.717) is 23.7 Å². The molecular formula is C22H20ClN3O2. The van der Waals surface area contributed by atoms with Crippen LogP contribution in [0, 0.1) is 0 Å². The van der Waals surface area contributed by atoms with E-state index in [1.165, 1.54) is 0 Å². The van der Waals surface area contributed by atoms with Crippen molar-refractivity contribution >= 4 is 39.2 Å². The van der Waals surface area contributed by atoms with Gasteiger partial charge in [-0.3, -0.25) is 4.79 Å². The molecule has 1 atom stereocenters. The number of fused-ring (bicyclic) bond motifs is 2. The SMILES string of the molecule is O=C(c1ccc2[nH]c(-c3ccc(Cl)c4c[nH]cc34)cc2c1)N1CCCC(O)C1. The highest BCUT2D eigenvalue weighted by Gasteiger charge is 2.23. The van der Waals surface area contributed by atoms with Crippen molar-refractivity contribution in [1.82, 2.24) is 14.9 Å². The summed E-state index contributed by atoms with van der Waals surface area (Å²) in [7, 11) is 0. The van der Waals surface area contributed by atoms with Crippen molar-refractivity contribution in [3.63, 3.8) is 0 Å². The average molecular weight is 394 g/mol. The van der Waals surface area contributed by atoms with Crippen LogP contribution in [0.2, 0.25) is 5.02 Å². The Morgan fingerprint density at radius 1 is 1.14 bits per heavy atom. The number of aliphatic hydroxyl groups is 1. The number of rotatable bonds is 2. The van der Waals surface area contributed by atoms with Gasteiger partial charge in [0.05, 0.1) is 6.10 Å². The highest BCUT2D eigenvalue weighted by molar-refractivity contribution is 6.36. The van der Waals surface area contributed by atoms with Gasteiger partial charge in [0, 0.05) is 69.0 Å². The summed E-state index contributed by atoms with van der Waals surface area (Å²) in [6.07, 6.45) is 5.02. The first-order valence-corrected chi connectivity index (χ1v) is 9.83. The van der Waals surface area contributed by atoms with Gasteiger partial charge in [0.1, 0.15) is 0 Å². The molecule has 3 heterocycles. The summed E-state index contributed by atoms with van der Waals surface area (Å²) < 4.78 is 0. The lowest BCUT2D eigenvalue weighted by Crippen LogP contribution is -2.42. The van der Waals surface area contributed by atoms with Gasteiger partial charge in [-0.05, 0) is 43.2 Å². The van der Waals surface area contributed by atoms with E-state index < -0.39 is 6.10 Å². The van der Waals surface area contributed by atoms with Crippen molar-refractivity contribution in [3.05, 3.63) is 59.4 Å². The molecule has 0 radical (unpaired) electrons. The van der Waals surface area contributed by atoms with E-state index in [0.717, 1.165) is 45.8 Å². The molecule has 0 aliphatic carbocycles. The van der Waals surface area contributed by atoms with Gasteiger partial charge in [-0.15, -0.1) is 0 Å². The highest BCUT2D eigenvalue weighted by Crippen LogP contribution is 2.34. The second kappa shape index (κ2) is 6.69. The third-order valence-corrected chi connectivity index (χ3v) is 5.86. The summed E-state index contributed by atoms with van der Waals surface area (Å²) in [5, 5.41) is 13.6. The van der Waals surface area contributed by atoms with Crippen LogP contribution in [0.25, 0.3) is 32.9 Å². The number of carbonyl (C=O) groups excluding carboxylic acids is 1. The molecule has 1 aliphatic rings. The zero-order valence-electron chi connectivity index (χ0n) is 15.2. The molecule has 28 heavy (non-hydrogen) atoms. The molecule has 2 aromatic carbocycles. The summed E-state index contributed by atoms with van der Waals surface area (Å²) >= 11 is 6.29. The third-order valence-electron chi connectivity index (χ3n) is 5.53. The molecule has 5 nitrogen and oxygen atoms in total. The molecule has 4 aromatic rings. The maximum atomic E-state index is 12.8. The monoisotopic (exact) mass is 393 g/mol. The Bertz CT molecular complexity index is 1190. The van der Waals surface area contributed by atoms with Crippen LogP contribution in [0.4, 0.5) is 0 Å². The molecule has 142 valence electrons. The molecule has 0 saturated carbocycles. The standard InChI is InChI=1S/C22H20ClN3O2/c23-19-5-4-16(17-10-24-11-18(17)19)21-9-14-8-13(3-6-20(14)25-21)22(28)26-7-1-2-15(27)12-26/h3-6,8-11,15,24-25,27H,1-2,7,12H2. The van der Waals surface area contributed by atoms with Crippen LogP contribution < -0.4 is 0 Å². The molecule has 1 aliphatic heterocycles. The molecule has 1 fully saturated rings. The smallest absolute Gasteiger partial charge is 0.253 e. The number of hydrogen-bond donors (Lipinski definition) is 3. The molecule has 6 heteroatoms. The first-order chi connectivity index (χ1) is 13.6. The number of piperidine rings is 1. The summed E-state index contributed by atoms with van der Waals surface area (Å²) in [6, 6.07) is 11.7. The van der Waals surface area contributed by atoms with Crippen LogP contribution in [0.3, 0.4) is 0 Å². The lowest BCUT2D eigenvalue weighted by Gasteiger charge is -2.30. The molecule has 1 amide bonds. The molecule has 1 unspecified atom stereocenters. The molecule has 3 N–H and O–H groups in total. The minimum Gasteiger partial charge on any atom is -0.391 e. The number of aromatic nitrogens is 2. The largest absolute Gasteiger partial charge is 0.391 e. The summed E-state index contributed by atoms with van der Waals surface area (Å²) in [5.74, 6) is -0.0251. The number of benzene rings is 2. The van der Waals surface area contributed by atoms with Gasteiger partial charge in [-0.25, -0.2) is 0 Å². The van der Waals surface area contributed by atoms with Crippen LogP contribution in [0.5, 0.6) is 0 Å². The maximum absolute atomic E-state index is 12.8. The quantitative estimate of drug-likeness (QED) is 0.467. The normalized spacial score (nSPS) is 17.5. The molecule has 2 aromatic heterocycles. The van der Waals surface area contributed by atoms with Gasteiger partial charge >= 0.3 is 0 Å². The van der Waals surface area contributed by atoms with Gasteiger partial charge in [0.15, 0.2) is 0 Å². The number of carbonyl (C=O) groups is 1. The van der Waals surface area contributed by atoms with E-state index in [1.807, 2.05) is 42.7 Å². The van der Waals surface area contributed by atoms with Crippen molar-refractivity contribution in [1.29, 1.82) is 0 Å². The van der Waals surface area contributed by atoms with Gasteiger partial charge in [0.2, 0.25) is 0 Å². The lowest BCUT2D eigenvalue weighted by molar-refractivity contribution is 0.0474. The first kappa shape index (κ1) is 17.3. The van der Waals surface area contributed by atoms with E-state index in [9.17, 15) is 9.90 Å². The Morgan fingerprint density at radius 2 is 2.00 bits per heavy atom. The number of aliphatic hydroxyl groups excluding tert-OH is 1. The summed E-state index contributed by atoms with van der Waals surface area (Å²) in [6.45, 7) is 1.11. The van der Waals surface area contributed by atoms with Crippen molar-refractivity contribution in [2.45, 2.75) is 18.9 Å². The van der Waals surface area contributed by atoms with E-state index in [2.05, 4.69) is 16.0 Å². The van der Waals surface area contributed by atoms with E-state index in [-0.39, 0.29) is 5.91 Å². The number of aromatic amines is 2. The Morgan fingerprint density at radius 3 is 2.86 bits per heavy atom. The molecular weight excluding hydrogens is 374 g/mol. The number of nitrogens with one attached hydrogen (secondary N) is 2. The predicted molar refractivity (Wildman–Crippen MR) is 112 cm³/mol. The van der Waals surface area contributed by atoms with Gasteiger partial charge in [-0.1, -0.05) is 17.7 Å². The number of H-pyrrole nitrogens is 2. The molecule has 0 bridgehead atoms. The fraction of sp³-hybridized carbons (Fsp3) is 0.227. The van der Waals surface area contributed by atoms with E-state index in [4.69, 9.17) is 11.6 Å². The maximum Gasteiger partial charge on any atom is 0.253 e. The van der Waals surface area contributed by atoms with Gasteiger partial charge in [0.25, 0.3) is 5.91 Å². The topological polar surface area (TPSA) is 72.1 Å². The van der Waals surface area contributed by atoms with Crippen LogP contribution in [0.1, 0.15) is 23.2 Å². The van der Waals surface area contributed by atoms with Gasteiger partial charge in [-0.2, -0.15) is 0 Å². The third kappa shape index (κ3) is 2.87. The van der Waals surface area contributed by atoms with Crippen LogP contribution in [-0.4, -0.2) is 45.1 Å². The Kier molecular flexibility index (Phi) is 4.14. The number of likely N-dealkylation sites (tertiary alicyclic amines) is 1. The second-order valence-electron chi connectivity index (χ2n) is 7.41. The lowest BCUT2D eigenvalue weighted by atomic mass is 10.0. The van der Waals surface area contributed by atoms with Crippen LogP contribution in [0.15, 0.2) is 48.8 Å². The Labute approximate surface area is 166 Å². The first-order valence-electron chi connectivity index (χ1n) is 9.45. The number of amides is 1. The van der Waals surface area contributed by atoms with E-state index >= 15 is 0 Å². The molecule has 0 spiro atoms. The summed E-state index contributed by atoms with van der Waals surface area (Å²) in [4.78, 5) is 21.1. The fourth-order valence-electron chi connectivity index (χ4n) is 4.09. The molecule has 1 saturated heterocycles. The average Bonchev–Trinajstić information content (AvgIpc) is 3.34. The fourth-order valence-corrected chi connectivity index (χ4v) is 4.31. The summed E-state index contributed by atoms with van der Waals surface area (Å²) in [5.41, 5.74) is 3.66. The zero-order valence-corrected chi connectivity index (χ0v) is 16.0. The minimum atomic E-state index is -0.422. The molecule has 5 rings (SSSR count). The zero-order chi connectivity index (χ0) is 19.3. The predicted octanol–water partition coefficient (Wildman–Crippen LogP) is 4.57. The van der Waals surface area contributed by atoms with Crippen LogP contribution in [-0.2, 0) is 0 Å². The van der Waals surface area contributed by atoms with E-state index in [1.54, 1.807) is 4.90 Å². The second-order valence-corrected chi connectivity index (χ2v) is 7.82. The van der Waals surface area contributed by atoms with Crippen molar-refractivity contribution < 1.29 is 9.90 Å². The minimum absolute atomic E-state index is 0.0251. The Balaban J connectivity index is 1.52. The van der Waals surface area contributed by atoms with Crippen molar-refractivity contribution in [3.8, 4) is 11.3 Å². The number of hydrogen-bond acceptors (Lipinski definition) is 2. The van der Waals surface area contributed by atoms with Crippen molar-refractivity contribution in [2.75, 3.05) is 13.1 Å². The van der Waals surface area contributed by atoms with Gasteiger partial charge < -0.3 is 20.0 Å². The van der Waals surface area contributed by atoms with Crippen LogP contribution >= 0.6 is 11.6 Å². The number of halogens is 1. The number of β-amino-alcohol motifs (C(OH)–C–C–N with tert-alkyl or cyclic N) is 1.